The van der Waals surface area contributed by atoms with E-state index in [0.717, 1.165) is 11.1 Å². The Kier molecular flexibility index (Phi) is 5.86. The number of aromatic nitrogens is 1. The van der Waals surface area contributed by atoms with Crippen LogP contribution >= 0.6 is 11.6 Å². The van der Waals surface area contributed by atoms with Crippen LogP contribution in [0.5, 0.6) is 0 Å². The number of oxazole rings is 1. The summed E-state index contributed by atoms with van der Waals surface area (Å²) in [5, 5.41) is 3.07. The van der Waals surface area contributed by atoms with Crippen LogP contribution in [0.2, 0.25) is 5.02 Å². The van der Waals surface area contributed by atoms with Gasteiger partial charge in [-0.2, -0.15) is 0 Å². The lowest BCUT2D eigenvalue weighted by Crippen LogP contribution is -2.24. The van der Waals surface area contributed by atoms with Crippen LogP contribution in [0.3, 0.4) is 0 Å². The molecule has 0 radical (unpaired) electrons. The average Bonchev–Trinajstić information content (AvgIpc) is 2.96. The SMILES string of the molecule is Cc1ccccc1-c1nc(CS(=O)(=O)CC(=O)Nc2ccc(Cl)cc2)c(C)o1. The van der Waals surface area contributed by atoms with Gasteiger partial charge in [-0.25, -0.2) is 13.4 Å². The third kappa shape index (κ3) is 4.99. The monoisotopic (exact) mass is 418 g/mol. The molecule has 0 aliphatic carbocycles. The largest absolute Gasteiger partial charge is 0.441 e. The van der Waals surface area contributed by atoms with Gasteiger partial charge in [0.1, 0.15) is 11.5 Å². The van der Waals surface area contributed by atoms with Crippen LogP contribution in [0, 0.1) is 13.8 Å². The number of sulfone groups is 1. The van der Waals surface area contributed by atoms with Crippen LogP contribution in [0.1, 0.15) is 17.0 Å². The van der Waals surface area contributed by atoms with Crippen molar-refractivity contribution in [1.29, 1.82) is 0 Å². The molecule has 0 unspecified atom stereocenters. The maximum absolute atomic E-state index is 12.5. The van der Waals surface area contributed by atoms with Gasteiger partial charge in [0.2, 0.25) is 11.8 Å². The first-order valence-electron chi connectivity index (χ1n) is 8.52. The molecule has 0 fully saturated rings. The minimum atomic E-state index is -3.72. The summed E-state index contributed by atoms with van der Waals surface area (Å²) < 4.78 is 30.6. The molecule has 0 bridgehead atoms. The van der Waals surface area contributed by atoms with Crippen molar-refractivity contribution < 1.29 is 17.6 Å². The van der Waals surface area contributed by atoms with E-state index in [9.17, 15) is 13.2 Å². The van der Waals surface area contributed by atoms with E-state index in [1.807, 2.05) is 31.2 Å². The number of anilines is 1. The first-order chi connectivity index (χ1) is 13.2. The zero-order valence-electron chi connectivity index (χ0n) is 15.4. The van der Waals surface area contributed by atoms with Crippen molar-refractivity contribution in [1.82, 2.24) is 4.98 Å². The second kappa shape index (κ2) is 8.16. The number of halogens is 1. The first-order valence-corrected chi connectivity index (χ1v) is 10.7. The van der Waals surface area contributed by atoms with Gasteiger partial charge >= 0.3 is 0 Å². The molecule has 1 aromatic heterocycles. The molecule has 0 saturated carbocycles. The molecule has 28 heavy (non-hydrogen) atoms. The quantitative estimate of drug-likeness (QED) is 0.649. The highest BCUT2D eigenvalue weighted by atomic mass is 35.5. The van der Waals surface area contributed by atoms with E-state index < -0.39 is 21.5 Å². The molecule has 0 aliphatic heterocycles. The summed E-state index contributed by atoms with van der Waals surface area (Å²) >= 11 is 5.79. The molecule has 8 heteroatoms. The molecule has 0 saturated heterocycles. The number of carbonyl (C=O) groups is 1. The molecule has 0 aliphatic rings. The van der Waals surface area contributed by atoms with Crippen molar-refractivity contribution in [2.75, 3.05) is 11.1 Å². The van der Waals surface area contributed by atoms with Gasteiger partial charge in [0.25, 0.3) is 0 Å². The van der Waals surface area contributed by atoms with Crippen molar-refractivity contribution in [2.45, 2.75) is 19.6 Å². The van der Waals surface area contributed by atoms with Crippen LogP contribution in [0.15, 0.2) is 52.9 Å². The number of nitrogens with zero attached hydrogens (tertiary/aromatic N) is 1. The highest BCUT2D eigenvalue weighted by Gasteiger charge is 2.22. The lowest BCUT2D eigenvalue weighted by Gasteiger charge is -2.06. The number of amides is 1. The minimum Gasteiger partial charge on any atom is -0.441 e. The number of aryl methyl sites for hydroxylation is 2. The number of rotatable bonds is 6. The average molecular weight is 419 g/mol. The van der Waals surface area contributed by atoms with Gasteiger partial charge in [0.05, 0.1) is 11.4 Å². The van der Waals surface area contributed by atoms with Crippen molar-refractivity contribution in [3.63, 3.8) is 0 Å². The molecule has 6 nitrogen and oxygen atoms in total. The molecule has 1 heterocycles. The summed E-state index contributed by atoms with van der Waals surface area (Å²) in [4.78, 5) is 16.4. The fraction of sp³-hybridized carbons (Fsp3) is 0.200. The summed E-state index contributed by atoms with van der Waals surface area (Å²) in [5.74, 6) is -0.863. The Labute approximate surface area is 168 Å². The van der Waals surface area contributed by atoms with E-state index >= 15 is 0 Å². The molecule has 3 aromatic rings. The third-order valence-electron chi connectivity index (χ3n) is 4.10. The Morgan fingerprint density at radius 3 is 2.46 bits per heavy atom. The lowest BCUT2D eigenvalue weighted by molar-refractivity contribution is -0.113. The molecular formula is C20H19ClN2O4S. The van der Waals surface area contributed by atoms with Crippen molar-refractivity contribution in [3.05, 3.63) is 70.6 Å². The van der Waals surface area contributed by atoms with E-state index in [1.165, 1.54) is 0 Å². The molecule has 0 atom stereocenters. The second-order valence-corrected chi connectivity index (χ2v) is 8.93. The fourth-order valence-corrected chi connectivity index (χ4v) is 4.06. The Morgan fingerprint density at radius 1 is 1.11 bits per heavy atom. The molecule has 1 amide bonds. The van der Waals surface area contributed by atoms with Gasteiger partial charge in [-0.05, 0) is 49.7 Å². The van der Waals surface area contributed by atoms with Gasteiger partial charge in [0.15, 0.2) is 9.84 Å². The zero-order valence-corrected chi connectivity index (χ0v) is 17.0. The van der Waals surface area contributed by atoms with E-state index in [0.29, 0.717) is 28.1 Å². The fourth-order valence-electron chi connectivity index (χ4n) is 2.68. The lowest BCUT2D eigenvalue weighted by atomic mass is 10.1. The van der Waals surface area contributed by atoms with E-state index in [2.05, 4.69) is 10.3 Å². The van der Waals surface area contributed by atoms with Crippen LogP contribution in [0.25, 0.3) is 11.5 Å². The Morgan fingerprint density at radius 2 is 1.79 bits per heavy atom. The highest BCUT2D eigenvalue weighted by molar-refractivity contribution is 7.91. The maximum Gasteiger partial charge on any atom is 0.239 e. The summed E-state index contributed by atoms with van der Waals surface area (Å²) in [6.45, 7) is 3.58. The number of hydrogen-bond donors (Lipinski definition) is 1. The Bertz CT molecular complexity index is 1110. The predicted octanol–water partition coefficient (Wildman–Crippen LogP) is 4.17. The van der Waals surface area contributed by atoms with Gasteiger partial charge in [-0.15, -0.1) is 0 Å². The van der Waals surface area contributed by atoms with Crippen LogP contribution in [0.4, 0.5) is 5.69 Å². The predicted molar refractivity (Wildman–Crippen MR) is 109 cm³/mol. The van der Waals surface area contributed by atoms with E-state index in [4.69, 9.17) is 16.0 Å². The zero-order chi connectivity index (χ0) is 20.3. The molecular weight excluding hydrogens is 400 g/mol. The molecule has 0 spiro atoms. The second-order valence-electron chi connectivity index (χ2n) is 6.42. The molecule has 1 N–H and O–H groups in total. The van der Waals surface area contributed by atoms with Crippen LogP contribution in [-0.2, 0) is 20.4 Å². The first kappa shape index (κ1) is 20.1. The van der Waals surface area contributed by atoms with Crippen molar-refractivity contribution in [2.24, 2.45) is 0 Å². The summed E-state index contributed by atoms with van der Waals surface area (Å²) in [5.41, 5.74) is 2.55. The van der Waals surface area contributed by atoms with E-state index in [1.54, 1.807) is 31.2 Å². The van der Waals surface area contributed by atoms with Gasteiger partial charge in [0, 0.05) is 16.3 Å². The number of nitrogens with one attached hydrogen (secondary N) is 1. The van der Waals surface area contributed by atoms with Crippen molar-refractivity contribution >= 4 is 33.0 Å². The molecule has 146 valence electrons. The summed E-state index contributed by atoms with van der Waals surface area (Å²) in [7, 11) is -3.72. The van der Waals surface area contributed by atoms with Crippen LogP contribution in [-0.4, -0.2) is 25.1 Å². The maximum atomic E-state index is 12.5. The van der Waals surface area contributed by atoms with Gasteiger partial charge < -0.3 is 9.73 Å². The number of carbonyl (C=O) groups excluding carboxylic acids is 1. The normalized spacial score (nSPS) is 11.4. The van der Waals surface area contributed by atoms with Gasteiger partial charge in [-0.3, -0.25) is 4.79 Å². The van der Waals surface area contributed by atoms with Crippen molar-refractivity contribution in [3.8, 4) is 11.5 Å². The van der Waals surface area contributed by atoms with Gasteiger partial charge in [-0.1, -0.05) is 29.8 Å². The topological polar surface area (TPSA) is 89.3 Å². The third-order valence-corrected chi connectivity index (χ3v) is 5.77. The smallest absolute Gasteiger partial charge is 0.239 e. The molecule has 2 aromatic carbocycles. The number of benzene rings is 2. The summed E-state index contributed by atoms with van der Waals surface area (Å²) in [6.07, 6.45) is 0. The Balaban J connectivity index is 1.71. The standard InChI is InChI=1S/C20H19ClN2O4S/c1-13-5-3-4-6-17(13)20-23-18(14(2)27-20)11-28(25,26)12-19(24)22-16-9-7-15(21)8-10-16/h3-10H,11-12H2,1-2H3,(H,22,24). The van der Waals surface area contributed by atoms with Crippen LogP contribution < -0.4 is 5.32 Å². The highest BCUT2D eigenvalue weighted by Crippen LogP contribution is 2.25. The number of hydrogen-bond acceptors (Lipinski definition) is 5. The van der Waals surface area contributed by atoms with E-state index in [-0.39, 0.29) is 5.75 Å². The Hall–Kier alpha value is -2.64. The minimum absolute atomic E-state index is 0.303. The summed E-state index contributed by atoms with van der Waals surface area (Å²) in [6, 6.07) is 14.0. The molecule has 3 rings (SSSR count).